The molecule has 2 unspecified atom stereocenters. The van der Waals surface area contributed by atoms with Crippen molar-refractivity contribution in [3.63, 3.8) is 0 Å². The van der Waals surface area contributed by atoms with E-state index in [0.717, 1.165) is 16.3 Å². The highest BCUT2D eigenvalue weighted by molar-refractivity contribution is 7.99. The molecule has 1 N–H and O–H groups in total. The largest absolute Gasteiger partial charge is 0.350 e. The van der Waals surface area contributed by atoms with Gasteiger partial charge in [0.05, 0.1) is 5.52 Å². The van der Waals surface area contributed by atoms with Gasteiger partial charge in [0.2, 0.25) is 5.95 Å². The van der Waals surface area contributed by atoms with Crippen molar-refractivity contribution in [3.05, 3.63) is 24.3 Å². The van der Waals surface area contributed by atoms with Gasteiger partial charge in [-0.15, -0.1) is 10.2 Å². The van der Waals surface area contributed by atoms with E-state index in [2.05, 4.69) is 26.8 Å². The molecule has 4 nitrogen and oxygen atoms in total. The van der Waals surface area contributed by atoms with Crippen molar-refractivity contribution in [1.82, 2.24) is 15.2 Å². The first-order valence-electron chi connectivity index (χ1n) is 6.24. The first-order valence-corrected chi connectivity index (χ1v) is 7.53. The van der Waals surface area contributed by atoms with Crippen LogP contribution in [0.5, 0.6) is 0 Å². The first-order chi connectivity index (χ1) is 8.85. The minimum Gasteiger partial charge on any atom is -0.350 e. The molecule has 1 saturated carbocycles. The van der Waals surface area contributed by atoms with E-state index in [1.54, 1.807) is 0 Å². The maximum Gasteiger partial charge on any atom is 0.243 e. The molecule has 0 radical (unpaired) electrons. The van der Waals surface area contributed by atoms with E-state index in [1.165, 1.54) is 19.3 Å². The lowest BCUT2D eigenvalue weighted by Gasteiger charge is -2.12. The van der Waals surface area contributed by atoms with Gasteiger partial charge in [-0.05, 0) is 37.7 Å². The fraction of sp³-hybridized carbons (Fsp3) is 0.462. The van der Waals surface area contributed by atoms with Gasteiger partial charge in [0.15, 0.2) is 0 Å². The number of para-hydroxylation sites is 1. The minimum absolute atomic E-state index is 0.491. The molecule has 94 valence electrons. The van der Waals surface area contributed by atoms with E-state index in [1.807, 2.05) is 36.0 Å². The molecule has 0 spiro atoms. The molecular weight excluding hydrogens is 244 g/mol. The van der Waals surface area contributed by atoms with Crippen LogP contribution in [0.15, 0.2) is 24.3 Å². The Balaban J connectivity index is 1.75. The molecule has 2 aromatic rings. The molecule has 1 fully saturated rings. The minimum atomic E-state index is 0.491. The summed E-state index contributed by atoms with van der Waals surface area (Å²) < 4.78 is 0. The maximum absolute atomic E-state index is 4.50. The van der Waals surface area contributed by atoms with Crippen LogP contribution in [0, 0.1) is 0 Å². The number of benzene rings is 1. The lowest BCUT2D eigenvalue weighted by molar-refractivity contribution is 0.742. The van der Waals surface area contributed by atoms with E-state index in [0.29, 0.717) is 12.0 Å². The summed E-state index contributed by atoms with van der Waals surface area (Å²) in [4.78, 5) is 4.50. The number of thioether (sulfide) groups is 1. The molecule has 18 heavy (non-hydrogen) atoms. The SMILES string of the molecule is CSC1CCC(Nc2nnc3ccccc3n2)C1. The summed E-state index contributed by atoms with van der Waals surface area (Å²) in [7, 11) is 0. The van der Waals surface area contributed by atoms with Gasteiger partial charge in [0, 0.05) is 11.3 Å². The van der Waals surface area contributed by atoms with Crippen LogP contribution in [0.4, 0.5) is 5.95 Å². The van der Waals surface area contributed by atoms with Gasteiger partial charge < -0.3 is 5.32 Å². The summed E-state index contributed by atoms with van der Waals surface area (Å²) in [5, 5.41) is 12.5. The van der Waals surface area contributed by atoms with E-state index in [-0.39, 0.29) is 0 Å². The summed E-state index contributed by atoms with van der Waals surface area (Å²) in [5.74, 6) is 0.653. The van der Waals surface area contributed by atoms with Gasteiger partial charge in [-0.2, -0.15) is 11.8 Å². The molecule has 1 aromatic carbocycles. The monoisotopic (exact) mass is 260 g/mol. The number of nitrogens with zero attached hydrogens (tertiary/aromatic N) is 3. The topological polar surface area (TPSA) is 50.7 Å². The van der Waals surface area contributed by atoms with Crippen molar-refractivity contribution >= 4 is 28.7 Å². The zero-order valence-corrected chi connectivity index (χ0v) is 11.2. The average Bonchev–Trinajstić information content (AvgIpc) is 2.86. The Hall–Kier alpha value is -1.36. The van der Waals surface area contributed by atoms with E-state index >= 15 is 0 Å². The molecule has 0 bridgehead atoms. The molecule has 3 rings (SSSR count). The molecule has 1 aromatic heterocycles. The molecule has 1 aliphatic carbocycles. The second kappa shape index (κ2) is 5.10. The molecule has 2 atom stereocenters. The predicted octanol–water partition coefficient (Wildman–Crippen LogP) is 2.72. The molecule has 1 aliphatic rings. The van der Waals surface area contributed by atoms with Crippen molar-refractivity contribution in [2.24, 2.45) is 0 Å². The molecule has 0 saturated heterocycles. The Bertz CT molecular complexity index is 545. The second-order valence-corrected chi connectivity index (χ2v) is 5.77. The summed E-state index contributed by atoms with van der Waals surface area (Å²) in [6, 6.07) is 8.31. The summed E-state index contributed by atoms with van der Waals surface area (Å²) in [5.41, 5.74) is 1.74. The average molecular weight is 260 g/mol. The van der Waals surface area contributed by atoms with Crippen LogP contribution in [-0.2, 0) is 0 Å². The van der Waals surface area contributed by atoms with Gasteiger partial charge >= 0.3 is 0 Å². The van der Waals surface area contributed by atoms with Gasteiger partial charge in [-0.3, -0.25) is 0 Å². The number of fused-ring (bicyclic) bond motifs is 1. The lowest BCUT2D eigenvalue weighted by atomic mass is 10.2. The third-order valence-corrected chi connectivity index (χ3v) is 4.51. The number of aromatic nitrogens is 3. The smallest absolute Gasteiger partial charge is 0.243 e. The van der Waals surface area contributed by atoms with E-state index in [9.17, 15) is 0 Å². The Morgan fingerprint density at radius 1 is 1.17 bits per heavy atom. The number of nitrogens with one attached hydrogen (secondary N) is 1. The van der Waals surface area contributed by atoms with Crippen LogP contribution < -0.4 is 5.32 Å². The Kier molecular flexibility index (Phi) is 3.32. The van der Waals surface area contributed by atoms with Crippen LogP contribution in [0.2, 0.25) is 0 Å². The molecule has 0 amide bonds. The fourth-order valence-electron chi connectivity index (χ4n) is 2.41. The predicted molar refractivity (Wildman–Crippen MR) is 75.9 cm³/mol. The zero-order valence-electron chi connectivity index (χ0n) is 10.3. The Morgan fingerprint density at radius 2 is 2.00 bits per heavy atom. The molecular formula is C13H16N4S. The van der Waals surface area contributed by atoms with Crippen LogP contribution in [0.25, 0.3) is 11.0 Å². The maximum atomic E-state index is 4.50. The fourth-order valence-corrected chi connectivity index (χ4v) is 3.21. The van der Waals surface area contributed by atoms with Crippen molar-refractivity contribution in [3.8, 4) is 0 Å². The first kappa shape index (κ1) is 11.7. The number of hydrogen-bond acceptors (Lipinski definition) is 5. The zero-order chi connectivity index (χ0) is 12.4. The lowest BCUT2D eigenvalue weighted by Crippen LogP contribution is -2.18. The van der Waals surface area contributed by atoms with E-state index < -0.39 is 0 Å². The van der Waals surface area contributed by atoms with Crippen molar-refractivity contribution in [2.45, 2.75) is 30.6 Å². The summed E-state index contributed by atoms with van der Waals surface area (Å²) in [6.07, 6.45) is 5.85. The van der Waals surface area contributed by atoms with E-state index in [4.69, 9.17) is 0 Å². The standard InChI is InChI=1S/C13H16N4S/c1-18-10-7-6-9(8-10)14-13-15-11-4-2-3-5-12(11)16-17-13/h2-5,9-10H,6-8H2,1H3,(H,14,15,17). The third-order valence-electron chi connectivity index (χ3n) is 3.41. The summed E-state index contributed by atoms with van der Waals surface area (Å²) >= 11 is 1.95. The van der Waals surface area contributed by atoms with Gasteiger partial charge in [-0.1, -0.05) is 12.1 Å². The van der Waals surface area contributed by atoms with Crippen molar-refractivity contribution < 1.29 is 0 Å². The van der Waals surface area contributed by atoms with Crippen LogP contribution in [0.3, 0.4) is 0 Å². The highest BCUT2D eigenvalue weighted by Gasteiger charge is 2.24. The highest BCUT2D eigenvalue weighted by Crippen LogP contribution is 2.29. The van der Waals surface area contributed by atoms with Gasteiger partial charge in [0.1, 0.15) is 5.52 Å². The van der Waals surface area contributed by atoms with Crippen molar-refractivity contribution in [1.29, 1.82) is 0 Å². The third kappa shape index (κ3) is 2.41. The highest BCUT2D eigenvalue weighted by atomic mass is 32.2. The van der Waals surface area contributed by atoms with Gasteiger partial charge in [-0.25, -0.2) is 4.98 Å². The van der Waals surface area contributed by atoms with Crippen LogP contribution in [-0.4, -0.2) is 32.7 Å². The second-order valence-electron chi connectivity index (χ2n) is 4.64. The normalized spacial score (nSPS) is 23.4. The number of anilines is 1. The van der Waals surface area contributed by atoms with Crippen LogP contribution >= 0.6 is 11.8 Å². The molecule has 0 aliphatic heterocycles. The number of rotatable bonds is 3. The molecule has 5 heteroatoms. The van der Waals surface area contributed by atoms with Gasteiger partial charge in [0.25, 0.3) is 0 Å². The van der Waals surface area contributed by atoms with Crippen LogP contribution in [0.1, 0.15) is 19.3 Å². The quantitative estimate of drug-likeness (QED) is 0.919. The molecule has 1 heterocycles. The summed E-state index contributed by atoms with van der Waals surface area (Å²) in [6.45, 7) is 0. The Labute approximate surface area is 111 Å². The Morgan fingerprint density at radius 3 is 2.78 bits per heavy atom. The van der Waals surface area contributed by atoms with Crippen molar-refractivity contribution in [2.75, 3.05) is 11.6 Å². The number of hydrogen-bond donors (Lipinski definition) is 1.